The molecule has 0 aromatic heterocycles. The maximum atomic E-state index is 14.2. The molecule has 1 N–H and O–H groups in total. The van der Waals surface area contributed by atoms with Gasteiger partial charge in [0, 0.05) is 30.9 Å². The first-order valence-electron chi connectivity index (χ1n) is 7.67. The lowest BCUT2D eigenvalue weighted by Gasteiger charge is -2.48. The number of ether oxygens (including phenoxy) is 1. The van der Waals surface area contributed by atoms with Crippen molar-refractivity contribution < 1.29 is 9.13 Å². The number of morpholine rings is 1. The fourth-order valence-electron chi connectivity index (χ4n) is 3.23. The summed E-state index contributed by atoms with van der Waals surface area (Å²) in [5.74, 6) is -0.143. The molecule has 3 nitrogen and oxygen atoms in total. The van der Waals surface area contributed by atoms with E-state index in [0.717, 1.165) is 30.9 Å². The summed E-state index contributed by atoms with van der Waals surface area (Å²) in [4.78, 5) is 2.25. The van der Waals surface area contributed by atoms with Gasteiger partial charge in [0.2, 0.25) is 0 Å². The smallest absolute Gasteiger partial charge is 0.129 e. The molecule has 0 spiro atoms. The highest BCUT2D eigenvalue weighted by Gasteiger charge is 2.38. The van der Waals surface area contributed by atoms with Gasteiger partial charge in [-0.3, -0.25) is 0 Å². The van der Waals surface area contributed by atoms with Crippen LogP contribution in [0.15, 0.2) is 18.2 Å². The van der Waals surface area contributed by atoms with E-state index in [9.17, 15) is 4.39 Å². The molecule has 1 aliphatic rings. The van der Waals surface area contributed by atoms with E-state index in [1.807, 2.05) is 13.0 Å². The number of nitrogens with one attached hydrogen (secondary N) is 1. The van der Waals surface area contributed by atoms with Crippen LogP contribution in [-0.2, 0) is 11.3 Å². The third-order valence-corrected chi connectivity index (χ3v) is 3.68. The van der Waals surface area contributed by atoms with Gasteiger partial charge in [-0.25, -0.2) is 4.39 Å². The van der Waals surface area contributed by atoms with Gasteiger partial charge < -0.3 is 15.0 Å². The second kappa shape index (κ2) is 5.93. The zero-order chi connectivity index (χ0) is 15.7. The lowest BCUT2D eigenvalue weighted by Crippen LogP contribution is -2.57. The largest absolute Gasteiger partial charge is 0.366 e. The van der Waals surface area contributed by atoms with Gasteiger partial charge in [0.1, 0.15) is 5.82 Å². The quantitative estimate of drug-likeness (QED) is 0.922. The van der Waals surface area contributed by atoms with E-state index < -0.39 is 0 Å². The monoisotopic (exact) mass is 294 g/mol. The fourth-order valence-corrected chi connectivity index (χ4v) is 3.23. The van der Waals surface area contributed by atoms with E-state index >= 15 is 0 Å². The summed E-state index contributed by atoms with van der Waals surface area (Å²) in [6, 6.07) is 5.33. The Labute approximate surface area is 127 Å². The summed E-state index contributed by atoms with van der Waals surface area (Å²) in [6.07, 6.45) is 0. The Morgan fingerprint density at radius 3 is 2.38 bits per heavy atom. The van der Waals surface area contributed by atoms with Crippen LogP contribution in [0.2, 0.25) is 0 Å². The number of halogens is 1. The van der Waals surface area contributed by atoms with E-state index in [2.05, 4.69) is 37.9 Å². The van der Waals surface area contributed by atoms with Crippen molar-refractivity contribution in [3.8, 4) is 0 Å². The van der Waals surface area contributed by atoms with Crippen molar-refractivity contribution in [2.24, 2.45) is 0 Å². The highest BCUT2D eigenvalue weighted by molar-refractivity contribution is 5.55. The molecule has 4 heteroatoms. The minimum Gasteiger partial charge on any atom is -0.366 e. The predicted molar refractivity (Wildman–Crippen MR) is 85.2 cm³/mol. The number of anilines is 1. The predicted octanol–water partition coefficient (Wildman–Crippen LogP) is 3.33. The molecule has 1 aliphatic heterocycles. The van der Waals surface area contributed by atoms with Crippen molar-refractivity contribution in [3.63, 3.8) is 0 Å². The highest BCUT2D eigenvalue weighted by Crippen LogP contribution is 2.33. The first-order chi connectivity index (χ1) is 9.74. The Hall–Kier alpha value is -1.13. The van der Waals surface area contributed by atoms with Crippen molar-refractivity contribution >= 4 is 5.69 Å². The molecule has 0 saturated carbocycles. The van der Waals surface area contributed by atoms with Gasteiger partial charge in [0.05, 0.1) is 11.2 Å². The first kappa shape index (κ1) is 16.2. The van der Waals surface area contributed by atoms with E-state index in [-0.39, 0.29) is 17.0 Å². The summed E-state index contributed by atoms with van der Waals surface area (Å²) in [5.41, 5.74) is 1.22. The van der Waals surface area contributed by atoms with Gasteiger partial charge in [-0.15, -0.1) is 0 Å². The Morgan fingerprint density at radius 2 is 1.81 bits per heavy atom. The van der Waals surface area contributed by atoms with Crippen LogP contribution in [0, 0.1) is 5.82 Å². The van der Waals surface area contributed by atoms with Crippen molar-refractivity contribution in [1.82, 2.24) is 5.32 Å². The number of hydrogen-bond donors (Lipinski definition) is 1. The summed E-state index contributed by atoms with van der Waals surface area (Å²) < 4.78 is 20.3. The molecular formula is C17H27FN2O. The summed E-state index contributed by atoms with van der Waals surface area (Å²) in [6.45, 7) is 13.3. The molecule has 21 heavy (non-hydrogen) atoms. The summed E-state index contributed by atoms with van der Waals surface area (Å²) in [7, 11) is 0. The Morgan fingerprint density at radius 1 is 1.19 bits per heavy atom. The van der Waals surface area contributed by atoms with Crippen LogP contribution < -0.4 is 10.2 Å². The topological polar surface area (TPSA) is 24.5 Å². The van der Waals surface area contributed by atoms with E-state index in [4.69, 9.17) is 4.74 Å². The lowest BCUT2D eigenvalue weighted by atomic mass is 9.97. The second-order valence-electron chi connectivity index (χ2n) is 7.00. The molecule has 1 heterocycles. The number of rotatable bonds is 4. The Balaban J connectivity index is 2.34. The van der Waals surface area contributed by atoms with Crippen molar-refractivity contribution in [2.75, 3.05) is 24.5 Å². The van der Waals surface area contributed by atoms with Crippen LogP contribution in [0.4, 0.5) is 10.1 Å². The van der Waals surface area contributed by atoms with Crippen molar-refractivity contribution in [1.29, 1.82) is 0 Å². The molecule has 0 unspecified atom stereocenters. The third kappa shape index (κ3) is 3.95. The number of nitrogens with zero attached hydrogens (tertiary/aromatic N) is 1. The number of hydrogen-bond acceptors (Lipinski definition) is 3. The van der Waals surface area contributed by atoms with Crippen molar-refractivity contribution in [3.05, 3.63) is 29.6 Å². The van der Waals surface area contributed by atoms with Crippen LogP contribution in [0.25, 0.3) is 0 Å². The van der Waals surface area contributed by atoms with Crippen LogP contribution in [-0.4, -0.2) is 30.8 Å². The molecule has 0 aliphatic carbocycles. The third-order valence-electron chi connectivity index (χ3n) is 3.68. The molecule has 2 rings (SSSR count). The fraction of sp³-hybridized carbons (Fsp3) is 0.647. The van der Waals surface area contributed by atoms with E-state index in [0.29, 0.717) is 6.54 Å². The molecule has 1 aromatic rings. The first-order valence-corrected chi connectivity index (χ1v) is 7.67. The van der Waals surface area contributed by atoms with Crippen LogP contribution in [0.1, 0.15) is 40.2 Å². The highest BCUT2D eigenvalue weighted by atomic mass is 19.1. The average Bonchev–Trinajstić information content (AvgIpc) is 2.33. The minimum absolute atomic E-state index is 0.143. The van der Waals surface area contributed by atoms with Gasteiger partial charge in [0.25, 0.3) is 0 Å². The van der Waals surface area contributed by atoms with Crippen LogP contribution >= 0.6 is 0 Å². The van der Waals surface area contributed by atoms with Crippen molar-refractivity contribution in [2.45, 2.75) is 52.4 Å². The molecule has 1 saturated heterocycles. The van der Waals surface area contributed by atoms with E-state index in [1.54, 1.807) is 6.07 Å². The molecule has 0 amide bonds. The summed E-state index contributed by atoms with van der Waals surface area (Å²) >= 11 is 0. The molecule has 0 radical (unpaired) electrons. The molecule has 1 aromatic carbocycles. The summed E-state index contributed by atoms with van der Waals surface area (Å²) in [5, 5.41) is 3.23. The Kier molecular flexibility index (Phi) is 4.59. The van der Waals surface area contributed by atoms with E-state index in [1.165, 1.54) is 6.07 Å². The second-order valence-corrected chi connectivity index (χ2v) is 7.00. The molecule has 1 fully saturated rings. The average molecular weight is 294 g/mol. The zero-order valence-corrected chi connectivity index (χ0v) is 13.8. The lowest BCUT2D eigenvalue weighted by molar-refractivity contribution is -0.133. The van der Waals surface area contributed by atoms with Gasteiger partial charge >= 0.3 is 0 Å². The molecule has 0 atom stereocenters. The SMILES string of the molecule is CCNCc1c(F)cccc1N1CC(C)(C)OC(C)(C)C1. The maximum Gasteiger partial charge on any atom is 0.129 e. The normalized spacial score (nSPS) is 20.6. The van der Waals surface area contributed by atoms with Gasteiger partial charge in [-0.1, -0.05) is 13.0 Å². The van der Waals surface area contributed by atoms with Gasteiger partial charge in [0.15, 0.2) is 0 Å². The van der Waals surface area contributed by atoms with Gasteiger partial charge in [-0.2, -0.15) is 0 Å². The zero-order valence-electron chi connectivity index (χ0n) is 13.8. The standard InChI is InChI=1S/C17H27FN2O/c1-6-19-10-13-14(18)8-7-9-15(13)20-11-16(2,3)21-17(4,5)12-20/h7-9,19H,6,10-12H2,1-5H3. The van der Waals surface area contributed by atoms with Gasteiger partial charge in [-0.05, 0) is 46.4 Å². The molecule has 0 bridgehead atoms. The minimum atomic E-state index is -0.247. The number of benzene rings is 1. The van der Waals surface area contributed by atoms with Crippen LogP contribution in [0.5, 0.6) is 0 Å². The maximum absolute atomic E-state index is 14.2. The Bertz CT molecular complexity index is 484. The van der Waals surface area contributed by atoms with Crippen LogP contribution in [0.3, 0.4) is 0 Å². The molecule has 118 valence electrons. The molecular weight excluding hydrogens is 267 g/mol.